The summed E-state index contributed by atoms with van der Waals surface area (Å²) >= 11 is 0. The molecule has 0 aromatic carbocycles. The second-order valence-electron chi connectivity index (χ2n) is 2.15. The van der Waals surface area contributed by atoms with Crippen molar-refractivity contribution >= 4 is 11.7 Å². The number of nitrogens with zero attached hydrogens (tertiary/aromatic N) is 1. The van der Waals surface area contributed by atoms with Gasteiger partial charge in [-0.05, 0) is 0 Å². The Balaban J connectivity index is 4.46. The van der Waals surface area contributed by atoms with Crippen LogP contribution in [0.4, 0.5) is 4.39 Å². The van der Waals surface area contributed by atoms with Crippen LogP contribution in [-0.4, -0.2) is 23.7 Å². The Kier molecular flexibility index (Phi) is 4.14. The van der Waals surface area contributed by atoms with E-state index in [4.69, 9.17) is 0 Å². The summed E-state index contributed by atoms with van der Waals surface area (Å²) in [6.45, 7) is 2.33. The molecular weight excluding hydrogens is 163 g/mol. The van der Waals surface area contributed by atoms with E-state index in [2.05, 4.69) is 5.43 Å². The Hall–Kier alpha value is -1.23. The van der Waals surface area contributed by atoms with Gasteiger partial charge in [0.1, 0.15) is 0 Å². The number of carbonyl (C=O) groups excluding carboxylic acids is 2. The van der Waals surface area contributed by atoms with Crippen molar-refractivity contribution in [3.63, 3.8) is 0 Å². The number of amides is 1. The zero-order valence-electron chi connectivity index (χ0n) is 7.22. The van der Waals surface area contributed by atoms with Crippen molar-refractivity contribution < 1.29 is 14.0 Å². The number of nitrogens with one attached hydrogen (secondary N) is 1. The number of allylic oxidation sites excluding steroid dienone is 1. The summed E-state index contributed by atoms with van der Waals surface area (Å²) in [4.78, 5) is 21.1. The summed E-state index contributed by atoms with van der Waals surface area (Å²) in [5, 5.41) is 0.886. The molecule has 68 valence electrons. The van der Waals surface area contributed by atoms with E-state index in [1.54, 1.807) is 0 Å². The van der Waals surface area contributed by atoms with Gasteiger partial charge in [-0.1, -0.05) is 0 Å². The molecule has 0 atom stereocenters. The highest BCUT2D eigenvalue weighted by Crippen LogP contribution is 1.99. The van der Waals surface area contributed by atoms with Crippen LogP contribution in [0.3, 0.4) is 0 Å². The highest BCUT2D eigenvalue weighted by Gasteiger charge is 2.07. The Labute approximate surface area is 70.0 Å². The molecule has 12 heavy (non-hydrogen) atoms. The van der Waals surface area contributed by atoms with Crippen molar-refractivity contribution in [2.45, 2.75) is 13.8 Å². The van der Waals surface area contributed by atoms with Crippen LogP contribution in [0.15, 0.2) is 12.0 Å². The van der Waals surface area contributed by atoms with Crippen LogP contribution in [-0.2, 0) is 9.59 Å². The first kappa shape index (κ1) is 10.8. The molecule has 0 aromatic rings. The number of hydrogen-bond donors (Lipinski definition) is 1. The number of hydrazine groups is 1. The smallest absolute Gasteiger partial charge is 0.237 e. The average Bonchev–Trinajstić information content (AvgIpc) is 1.98. The van der Waals surface area contributed by atoms with Gasteiger partial charge in [-0.25, -0.2) is 9.82 Å². The lowest BCUT2D eigenvalue weighted by Crippen LogP contribution is -2.34. The van der Waals surface area contributed by atoms with Crippen molar-refractivity contribution in [1.82, 2.24) is 10.4 Å². The molecule has 1 amide bonds. The van der Waals surface area contributed by atoms with Crippen LogP contribution in [0.25, 0.3) is 0 Å². The summed E-state index contributed by atoms with van der Waals surface area (Å²) in [5.41, 5.74) is 2.40. The van der Waals surface area contributed by atoms with E-state index in [1.165, 1.54) is 14.0 Å². The fraction of sp³-hybridized carbons (Fsp3) is 0.429. The van der Waals surface area contributed by atoms with Gasteiger partial charge in [-0.2, -0.15) is 0 Å². The highest BCUT2D eigenvalue weighted by molar-refractivity contribution is 5.91. The van der Waals surface area contributed by atoms with Gasteiger partial charge < -0.3 is 0 Å². The van der Waals surface area contributed by atoms with Gasteiger partial charge in [0.2, 0.25) is 5.91 Å². The number of carbonyl (C=O) groups is 2. The molecule has 0 aliphatic rings. The number of hydrogen-bond acceptors (Lipinski definition) is 3. The van der Waals surface area contributed by atoms with Crippen LogP contribution in [0.1, 0.15) is 13.8 Å². The second-order valence-corrected chi connectivity index (χ2v) is 2.15. The SMILES string of the molecule is CNN(/C=C(/F)C(C)=O)C(C)=O. The second kappa shape index (κ2) is 4.61. The van der Waals surface area contributed by atoms with Gasteiger partial charge in [-0.3, -0.25) is 14.6 Å². The number of Topliss-reactive ketones (excluding diaryl/α,β-unsaturated/α-hetero) is 1. The van der Waals surface area contributed by atoms with Crippen LogP contribution in [0.5, 0.6) is 0 Å². The first-order chi connectivity index (χ1) is 5.49. The molecule has 0 saturated heterocycles. The van der Waals surface area contributed by atoms with Gasteiger partial charge in [-0.15, -0.1) is 0 Å². The molecule has 0 aliphatic heterocycles. The molecule has 0 unspecified atom stereocenters. The van der Waals surface area contributed by atoms with Gasteiger partial charge >= 0.3 is 0 Å². The molecule has 0 spiro atoms. The van der Waals surface area contributed by atoms with Crippen LogP contribution in [0.2, 0.25) is 0 Å². The quantitative estimate of drug-likeness (QED) is 0.496. The molecule has 5 heteroatoms. The standard InChI is InChI=1S/C7H11FN2O2/c1-5(11)7(8)4-10(9-3)6(2)12/h4,9H,1-3H3/b7-4+. The maximum absolute atomic E-state index is 12.6. The zero-order chi connectivity index (χ0) is 9.72. The molecule has 0 saturated carbocycles. The van der Waals surface area contributed by atoms with Gasteiger partial charge in [0.25, 0.3) is 0 Å². The van der Waals surface area contributed by atoms with Crippen LogP contribution in [0, 0.1) is 0 Å². The van der Waals surface area contributed by atoms with Crippen molar-refractivity contribution in [2.75, 3.05) is 7.05 Å². The van der Waals surface area contributed by atoms with Gasteiger partial charge in [0.15, 0.2) is 11.6 Å². The van der Waals surface area contributed by atoms with E-state index in [1.807, 2.05) is 0 Å². The third-order valence-electron chi connectivity index (χ3n) is 1.16. The molecular formula is C7H11FN2O2. The normalized spacial score (nSPS) is 11.2. The van der Waals surface area contributed by atoms with Gasteiger partial charge in [0.05, 0.1) is 6.20 Å². The van der Waals surface area contributed by atoms with Crippen LogP contribution < -0.4 is 5.43 Å². The first-order valence-corrected chi connectivity index (χ1v) is 3.34. The summed E-state index contributed by atoms with van der Waals surface area (Å²) in [5.74, 6) is -2.06. The molecule has 0 rings (SSSR count). The van der Waals surface area contributed by atoms with E-state index in [0.717, 1.165) is 18.1 Å². The van der Waals surface area contributed by atoms with Crippen molar-refractivity contribution in [3.05, 3.63) is 12.0 Å². The number of halogens is 1. The largest absolute Gasteiger partial charge is 0.292 e. The Morgan fingerprint density at radius 2 is 1.92 bits per heavy atom. The minimum atomic E-state index is -0.959. The van der Waals surface area contributed by atoms with Crippen molar-refractivity contribution in [2.24, 2.45) is 0 Å². The summed E-state index contributed by atoms with van der Waals surface area (Å²) in [6, 6.07) is 0. The lowest BCUT2D eigenvalue weighted by molar-refractivity contribution is -0.128. The molecule has 1 N–H and O–H groups in total. The topological polar surface area (TPSA) is 49.4 Å². The van der Waals surface area contributed by atoms with Crippen molar-refractivity contribution in [1.29, 1.82) is 0 Å². The third-order valence-corrected chi connectivity index (χ3v) is 1.16. The van der Waals surface area contributed by atoms with Crippen LogP contribution >= 0.6 is 0 Å². The van der Waals surface area contributed by atoms with E-state index in [9.17, 15) is 14.0 Å². The Morgan fingerprint density at radius 1 is 1.42 bits per heavy atom. The molecule has 0 fully saturated rings. The lowest BCUT2D eigenvalue weighted by Gasteiger charge is -2.13. The van der Waals surface area contributed by atoms with Gasteiger partial charge in [0, 0.05) is 20.9 Å². The van der Waals surface area contributed by atoms with E-state index < -0.39 is 17.5 Å². The Morgan fingerprint density at radius 3 is 2.17 bits per heavy atom. The Bertz CT molecular complexity index is 225. The summed E-state index contributed by atoms with van der Waals surface area (Å²) in [6.07, 6.45) is 0.810. The zero-order valence-corrected chi connectivity index (χ0v) is 7.22. The molecule has 0 bridgehead atoms. The number of rotatable bonds is 3. The monoisotopic (exact) mass is 174 g/mol. The molecule has 4 nitrogen and oxygen atoms in total. The summed E-state index contributed by atoms with van der Waals surface area (Å²) in [7, 11) is 1.45. The summed E-state index contributed by atoms with van der Waals surface area (Å²) < 4.78 is 12.6. The van der Waals surface area contributed by atoms with E-state index >= 15 is 0 Å². The van der Waals surface area contributed by atoms with E-state index in [0.29, 0.717) is 0 Å². The average molecular weight is 174 g/mol. The van der Waals surface area contributed by atoms with E-state index in [-0.39, 0.29) is 0 Å². The lowest BCUT2D eigenvalue weighted by atomic mass is 10.4. The fourth-order valence-corrected chi connectivity index (χ4v) is 0.517. The minimum absolute atomic E-state index is 0.395. The maximum Gasteiger partial charge on any atom is 0.237 e. The molecule has 0 aromatic heterocycles. The molecule has 0 radical (unpaired) electrons. The predicted molar refractivity (Wildman–Crippen MR) is 41.5 cm³/mol. The first-order valence-electron chi connectivity index (χ1n) is 3.34. The predicted octanol–water partition coefficient (Wildman–Crippen LogP) is 0.369. The molecule has 0 aliphatic carbocycles. The maximum atomic E-state index is 12.6. The molecule has 0 heterocycles. The number of ketones is 1. The highest BCUT2D eigenvalue weighted by atomic mass is 19.1. The third kappa shape index (κ3) is 3.25. The minimum Gasteiger partial charge on any atom is -0.292 e. The van der Waals surface area contributed by atoms with Crippen molar-refractivity contribution in [3.8, 4) is 0 Å². The fourth-order valence-electron chi connectivity index (χ4n) is 0.517.